The summed E-state index contributed by atoms with van der Waals surface area (Å²) in [5, 5.41) is 2.34. The van der Waals surface area contributed by atoms with Crippen molar-refractivity contribution in [3.05, 3.63) is 48.3 Å². The maximum atomic E-state index is 4.60. The molecule has 1 aromatic carbocycles. The van der Waals surface area contributed by atoms with Crippen LogP contribution < -0.4 is 0 Å². The van der Waals surface area contributed by atoms with Crippen molar-refractivity contribution >= 4 is 21.8 Å². The zero-order valence-corrected chi connectivity index (χ0v) is 10.6. The fraction of sp³-hybridized carbons (Fsp3) is 0.250. The zero-order valence-electron chi connectivity index (χ0n) is 10.6. The van der Waals surface area contributed by atoms with Gasteiger partial charge in [-0.3, -0.25) is 9.97 Å². The van der Waals surface area contributed by atoms with Gasteiger partial charge in [0.2, 0.25) is 0 Å². The van der Waals surface area contributed by atoms with Crippen LogP contribution in [-0.4, -0.2) is 9.97 Å². The van der Waals surface area contributed by atoms with Gasteiger partial charge < -0.3 is 0 Å². The van der Waals surface area contributed by atoms with E-state index in [1.54, 1.807) is 0 Å². The lowest BCUT2D eigenvalue weighted by Crippen LogP contribution is -1.89. The number of unbranched alkanes of at least 4 members (excludes halogenated alkanes) is 1. The standard InChI is InChI=1S/C16H16N2/c1-2-3-5-12-10-14-8-7-13-6-4-9-17-15(13)16(14)18-11-12/h4,6-11H,2-3,5H2,1H3. The number of aromatic nitrogens is 2. The van der Waals surface area contributed by atoms with Crippen LogP contribution in [-0.2, 0) is 6.42 Å². The number of nitrogens with zero attached hydrogens (tertiary/aromatic N) is 2. The molecule has 0 unspecified atom stereocenters. The molecule has 0 spiro atoms. The predicted molar refractivity (Wildman–Crippen MR) is 75.7 cm³/mol. The summed E-state index contributed by atoms with van der Waals surface area (Å²) in [5.41, 5.74) is 3.32. The minimum atomic E-state index is 0.997. The lowest BCUT2D eigenvalue weighted by atomic mass is 10.1. The van der Waals surface area contributed by atoms with E-state index in [0.29, 0.717) is 0 Å². The van der Waals surface area contributed by atoms with E-state index in [-0.39, 0.29) is 0 Å². The molecular formula is C16H16N2. The van der Waals surface area contributed by atoms with E-state index in [0.717, 1.165) is 22.8 Å². The molecule has 2 heterocycles. The Bertz CT molecular complexity index is 689. The second-order valence-electron chi connectivity index (χ2n) is 4.66. The first-order valence-electron chi connectivity index (χ1n) is 6.51. The SMILES string of the molecule is CCCCc1cnc2c(ccc3cccnc32)c1. The molecule has 0 aliphatic rings. The Balaban J connectivity index is 2.15. The minimum Gasteiger partial charge on any atom is -0.254 e. The topological polar surface area (TPSA) is 25.8 Å². The Kier molecular flexibility index (Phi) is 2.93. The number of benzene rings is 1. The molecule has 2 heteroatoms. The van der Waals surface area contributed by atoms with Crippen molar-refractivity contribution in [3.63, 3.8) is 0 Å². The highest BCUT2D eigenvalue weighted by Gasteiger charge is 2.03. The first-order chi connectivity index (χ1) is 8.88. The molecule has 0 atom stereocenters. The number of hydrogen-bond donors (Lipinski definition) is 0. The molecule has 2 nitrogen and oxygen atoms in total. The molecule has 2 aromatic heterocycles. The fourth-order valence-electron chi connectivity index (χ4n) is 2.30. The van der Waals surface area contributed by atoms with Gasteiger partial charge in [0.25, 0.3) is 0 Å². The van der Waals surface area contributed by atoms with Crippen LogP contribution in [0.4, 0.5) is 0 Å². The van der Waals surface area contributed by atoms with Gasteiger partial charge >= 0.3 is 0 Å². The van der Waals surface area contributed by atoms with Crippen LogP contribution in [0.2, 0.25) is 0 Å². The van der Waals surface area contributed by atoms with E-state index in [2.05, 4.69) is 41.2 Å². The van der Waals surface area contributed by atoms with Gasteiger partial charge in [-0.2, -0.15) is 0 Å². The number of hydrogen-bond acceptors (Lipinski definition) is 2. The van der Waals surface area contributed by atoms with Gasteiger partial charge in [-0.05, 0) is 30.5 Å². The van der Waals surface area contributed by atoms with E-state index in [9.17, 15) is 0 Å². The maximum absolute atomic E-state index is 4.60. The van der Waals surface area contributed by atoms with E-state index in [1.165, 1.54) is 23.8 Å². The van der Waals surface area contributed by atoms with Crippen LogP contribution in [0.3, 0.4) is 0 Å². The molecule has 0 radical (unpaired) electrons. The monoisotopic (exact) mass is 236 g/mol. The van der Waals surface area contributed by atoms with Crippen LogP contribution in [0.1, 0.15) is 25.3 Å². The van der Waals surface area contributed by atoms with Crippen molar-refractivity contribution in [1.82, 2.24) is 9.97 Å². The summed E-state index contributed by atoms with van der Waals surface area (Å²) in [5.74, 6) is 0. The molecule has 3 aromatic rings. The van der Waals surface area contributed by atoms with Crippen LogP contribution in [0.15, 0.2) is 42.7 Å². The Labute approximate surface area is 107 Å². The van der Waals surface area contributed by atoms with Crippen molar-refractivity contribution in [2.24, 2.45) is 0 Å². The van der Waals surface area contributed by atoms with Crippen molar-refractivity contribution < 1.29 is 0 Å². The van der Waals surface area contributed by atoms with E-state index in [1.807, 2.05) is 18.5 Å². The van der Waals surface area contributed by atoms with Crippen LogP contribution >= 0.6 is 0 Å². The van der Waals surface area contributed by atoms with Crippen molar-refractivity contribution in [1.29, 1.82) is 0 Å². The summed E-state index contributed by atoms with van der Waals surface area (Å²) in [7, 11) is 0. The van der Waals surface area contributed by atoms with Crippen molar-refractivity contribution in [2.45, 2.75) is 26.2 Å². The molecule has 90 valence electrons. The maximum Gasteiger partial charge on any atom is 0.0964 e. The van der Waals surface area contributed by atoms with Crippen LogP contribution in [0.5, 0.6) is 0 Å². The summed E-state index contributed by atoms with van der Waals surface area (Å²) in [6.07, 6.45) is 7.37. The summed E-state index contributed by atoms with van der Waals surface area (Å²) >= 11 is 0. The number of aryl methyl sites for hydroxylation is 1. The van der Waals surface area contributed by atoms with E-state index >= 15 is 0 Å². The highest BCUT2D eigenvalue weighted by atomic mass is 14.7. The molecule has 0 aliphatic carbocycles. The first kappa shape index (κ1) is 11.1. The summed E-state index contributed by atoms with van der Waals surface area (Å²) in [6.45, 7) is 2.21. The molecule has 0 bridgehead atoms. The Morgan fingerprint density at radius 2 is 1.83 bits per heavy atom. The van der Waals surface area contributed by atoms with Gasteiger partial charge in [0.15, 0.2) is 0 Å². The predicted octanol–water partition coefficient (Wildman–Crippen LogP) is 4.13. The smallest absolute Gasteiger partial charge is 0.0964 e. The van der Waals surface area contributed by atoms with Gasteiger partial charge in [0.1, 0.15) is 0 Å². The number of rotatable bonds is 3. The fourth-order valence-corrected chi connectivity index (χ4v) is 2.30. The molecule has 0 saturated heterocycles. The van der Waals surface area contributed by atoms with Crippen molar-refractivity contribution in [3.8, 4) is 0 Å². The normalized spacial score (nSPS) is 11.2. The summed E-state index contributed by atoms with van der Waals surface area (Å²) in [6, 6.07) is 10.5. The molecule has 0 aliphatic heterocycles. The number of pyridine rings is 2. The van der Waals surface area contributed by atoms with E-state index < -0.39 is 0 Å². The Hall–Kier alpha value is -1.96. The first-order valence-corrected chi connectivity index (χ1v) is 6.51. The third-order valence-electron chi connectivity index (χ3n) is 3.30. The Morgan fingerprint density at radius 3 is 2.72 bits per heavy atom. The molecular weight excluding hydrogens is 220 g/mol. The van der Waals surface area contributed by atoms with Gasteiger partial charge in [-0.15, -0.1) is 0 Å². The summed E-state index contributed by atoms with van der Waals surface area (Å²) in [4.78, 5) is 9.04. The lowest BCUT2D eigenvalue weighted by molar-refractivity contribution is 0.793. The number of fused-ring (bicyclic) bond motifs is 3. The average molecular weight is 236 g/mol. The average Bonchev–Trinajstić information content (AvgIpc) is 2.44. The van der Waals surface area contributed by atoms with Crippen molar-refractivity contribution in [2.75, 3.05) is 0 Å². The van der Waals surface area contributed by atoms with E-state index in [4.69, 9.17) is 0 Å². The molecule has 0 saturated carbocycles. The lowest BCUT2D eigenvalue weighted by Gasteiger charge is -2.04. The third kappa shape index (κ3) is 1.94. The van der Waals surface area contributed by atoms with Crippen LogP contribution in [0.25, 0.3) is 21.8 Å². The molecule has 3 rings (SSSR count). The second kappa shape index (κ2) is 4.73. The van der Waals surface area contributed by atoms with Gasteiger partial charge in [-0.1, -0.05) is 31.5 Å². The largest absolute Gasteiger partial charge is 0.254 e. The molecule has 18 heavy (non-hydrogen) atoms. The third-order valence-corrected chi connectivity index (χ3v) is 3.30. The second-order valence-corrected chi connectivity index (χ2v) is 4.66. The minimum absolute atomic E-state index is 0.997. The molecule has 0 N–H and O–H groups in total. The highest BCUT2D eigenvalue weighted by molar-refractivity contribution is 6.02. The van der Waals surface area contributed by atoms with Gasteiger partial charge in [0.05, 0.1) is 11.0 Å². The Morgan fingerprint density at radius 1 is 1.00 bits per heavy atom. The zero-order chi connectivity index (χ0) is 12.4. The highest BCUT2D eigenvalue weighted by Crippen LogP contribution is 2.22. The quantitative estimate of drug-likeness (QED) is 0.639. The molecule has 0 amide bonds. The van der Waals surface area contributed by atoms with Gasteiger partial charge in [0, 0.05) is 23.2 Å². The molecule has 0 fully saturated rings. The van der Waals surface area contributed by atoms with Gasteiger partial charge in [-0.25, -0.2) is 0 Å². The summed E-state index contributed by atoms with van der Waals surface area (Å²) < 4.78 is 0. The van der Waals surface area contributed by atoms with Crippen LogP contribution in [0, 0.1) is 0 Å².